The lowest BCUT2D eigenvalue weighted by Crippen LogP contribution is -2.63. The molecular formula is C27H32N5O+. The van der Waals surface area contributed by atoms with Gasteiger partial charge in [0, 0.05) is 12.1 Å². The van der Waals surface area contributed by atoms with Gasteiger partial charge in [-0.15, -0.1) is 4.59 Å². The number of aliphatic imine (C=N–C) groups is 2. The molecule has 6 heteroatoms. The standard InChI is InChI=1S/C27H32N5O/c1-21(2)30-16-23-13-25(14-23)31(32-12-11-28-17-26(32)18-29-20-32)24-9-6-10-27(15-24)33-19-22-7-4-3-5-8-22/h3-12,15,17-18,20-21,23,25,30H,13-14,16,19H2,1-2H3/q+1. The third kappa shape index (κ3) is 4.49. The summed E-state index contributed by atoms with van der Waals surface area (Å²) in [5.41, 5.74) is 3.34. The summed E-state index contributed by atoms with van der Waals surface area (Å²) < 4.78 is 6.61. The zero-order chi connectivity index (χ0) is 22.7. The first-order valence-electron chi connectivity index (χ1n) is 11.8. The molecule has 170 valence electrons. The molecule has 33 heavy (non-hydrogen) atoms. The van der Waals surface area contributed by atoms with Gasteiger partial charge in [0.1, 0.15) is 12.4 Å². The fourth-order valence-corrected chi connectivity index (χ4v) is 4.73. The molecule has 1 unspecified atom stereocenters. The number of anilines is 1. The van der Waals surface area contributed by atoms with E-state index in [1.165, 1.54) is 0 Å². The van der Waals surface area contributed by atoms with Crippen molar-refractivity contribution in [1.82, 2.24) is 5.32 Å². The molecule has 0 aromatic heterocycles. The van der Waals surface area contributed by atoms with Crippen LogP contribution >= 0.6 is 0 Å². The molecule has 0 saturated heterocycles. The second-order valence-corrected chi connectivity index (χ2v) is 9.30. The Kier molecular flexibility index (Phi) is 6.11. The molecule has 1 fully saturated rings. The Labute approximate surface area is 196 Å². The minimum absolute atomic E-state index is 0.400. The van der Waals surface area contributed by atoms with Crippen LogP contribution in [-0.2, 0) is 6.61 Å². The third-order valence-electron chi connectivity index (χ3n) is 6.51. The minimum atomic E-state index is 0.400. The van der Waals surface area contributed by atoms with Crippen LogP contribution in [0.2, 0.25) is 0 Å². The van der Waals surface area contributed by atoms with E-state index in [4.69, 9.17) is 4.74 Å². The summed E-state index contributed by atoms with van der Waals surface area (Å²) in [6.07, 6.45) is 12.1. The number of hydrogen-bond acceptors (Lipinski definition) is 5. The molecule has 1 N–H and O–H groups in total. The number of allylic oxidation sites excluding steroid dienone is 1. The average molecular weight is 443 g/mol. The maximum Gasteiger partial charge on any atom is 0.225 e. The van der Waals surface area contributed by atoms with Gasteiger partial charge in [-0.1, -0.05) is 50.2 Å². The van der Waals surface area contributed by atoms with Crippen molar-refractivity contribution in [2.24, 2.45) is 15.9 Å². The molecule has 3 aliphatic rings. The van der Waals surface area contributed by atoms with Crippen LogP contribution in [0.1, 0.15) is 32.3 Å². The maximum absolute atomic E-state index is 6.16. The Bertz CT molecular complexity index is 1080. The van der Waals surface area contributed by atoms with Crippen molar-refractivity contribution < 1.29 is 9.33 Å². The molecule has 5 rings (SSSR count). The van der Waals surface area contributed by atoms with Crippen LogP contribution < -0.4 is 15.1 Å². The van der Waals surface area contributed by atoms with Crippen LogP contribution in [0, 0.1) is 5.92 Å². The summed E-state index contributed by atoms with van der Waals surface area (Å²) in [6, 6.07) is 19.6. The summed E-state index contributed by atoms with van der Waals surface area (Å²) in [5.74, 6) is 1.55. The highest BCUT2D eigenvalue weighted by atomic mass is 16.5. The molecule has 0 amide bonds. The summed E-state index contributed by atoms with van der Waals surface area (Å²) in [7, 11) is 0. The van der Waals surface area contributed by atoms with Gasteiger partial charge in [0.05, 0.1) is 30.3 Å². The number of rotatable bonds is 9. The predicted octanol–water partition coefficient (Wildman–Crippen LogP) is 5.02. The molecule has 6 nitrogen and oxygen atoms in total. The monoisotopic (exact) mass is 442 g/mol. The van der Waals surface area contributed by atoms with E-state index in [-0.39, 0.29) is 0 Å². The molecule has 1 atom stereocenters. The smallest absolute Gasteiger partial charge is 0.225 e. The minimum Gasteiger partial charge on any atom is -0.489 e. The van der Waals surface area contributed by atoms with Gasteiger partial charge in [0.25, 0.3) is 0 Å². The first-order chi connectivity index (χ1) is 16.1. The van der Waals surface area contributed by atoms with Crippen molar-refractivity contribution in [3.8, 4) is 5.75 Å². The molecule has 1 saturated carbocycles. The van der Waals surface area contributed by atoms with Crippen LogP contribution in [-0.4, -0.2) is 35.8 Å². The van der Waals surface area contributed by atoms with Crippen molar-refractivity contribution in [2.45, 2.75) is 45.4 Å². The second-order valence-electron chi connectivity index (χ2n) is 9.30. The average Bonchev–Trinajstić information content (AvgIpc) is 3.24. The first kappa shape index (κ1) is 21.6. The Morgan fingerprint density at radius 1 is 1.09 bits per heavy atom. The normalized spacial score (nSPS) is 25.0. The highest BCUT2D eigenvalue weighted by Gasteiger charge is 2.48. The van der Waals surface area contributed by atoms with E-state index in [9.17, 15) is 0 Å². The summed E-state index contributed by atoms with van der Waals surface area (Å²) >= 11 is 0. The largest absolute Gasteiger partial charge is 0.489 e. The fourth-order valence-electron chi connectivity index (χ4n) is 4.73. The number of ether oxygens (including phenoxy) is 1. The highest BCUT2D eigenvalue weighted by Crippen LogP contribution is 2.42. The topological polar surface area (TPSA) is 49.2 Å². The van der Waals surface area contributed by atoms with Crippen molar-refractivity contribution in [1.29, 1.82) is 0 Å². The van der Waals surface area contributed by atoms with Gasteiger partial charge in [-0.2, -0.15) is 0 Å². The summed E-state index contributed by atoms with van der Waals surface area (Å²) in [5, 5.41) is 6.06. The zero-order valence-electron chi connectivity index (χ0n) is 19.3. The van der Waals surface area contributed by atoms with Gasteiger partial charge in [-0.05, 0) is 43.0 Å². The van der Waals surface area contributed by atoms with Crippen LogP contribution in [0.3, 0.4) is 0 Å². The number of quaternary nitrogens is 1. The van der Waals surface area contributed by atoms with Gasteiger partial charge >= 0.3 is 0 Å². The molecule has 0 bridgehead atoms. The van der Waals surface area contributed by atoms with E-state index < -0.39 is 0 Å². The van der Waals surface area contributed by atoms with E-state index in [0.717, 1.165) is 42.1 Å². The Hall–Kier alpha value is -3.22. The molecule has 2 aromatic carbocycles. The third-order valence-corrected chi connectivity index (χ3v) is 6.51. The quantitative estimate of drug-likeness (QED) is 0.555. The highest BCUT2D eigenvalue weighted by molar-refractivity contribution is 5.82. The van der Waals surface area contributed by atoms with Crippen LogP contribution in [0.5, 0.6) is 5.75 Å². The Morgan fingerprint density at radius 2 is 1.94 bits per heavy atom. The van der Waals surface area contributed by atoms with Crippen LogP contribution in [0.25, 0.3) is 0 Å². The van der Waals surface area contributed by atoms with E-state index in [2.05, 4.69) is 70.7 Å². The lowest BCUT2D eigenvalue weighted by molar-refractivity contribution is -0.747. The molecule has 1 aliphatic carbocycles. The molecular weight excluding hydrogens is 410 g/mol. The maximum atomic E-state index is 6.16. The molecule has 0 radical (unpaired) electrons. The molecule has 2 heterocycles. The van der Waals surface area contributed by atoms with Gasteiger partial charge < -0.3 is 10.1 Å². The second kappa shape index (κ2) is 9.33. The summed E-state index contributed by atoms with van der Waals surface area (Å²) in [4.78, 5) is 8.88. The zero-order valence-corrected chi connectivity index (χ0v) is 19.3. The van der Waals surface area contributed by atoms with Crippen molar-refractivity contribution in [2.75, 3.05) is 11.6 Å². The van der Waals surface area contributed by atoms with E-state index in [1.807, 2.05) is 49.2 Å². The van der Waals surface area contributed by atoms with E-state index >= 15 is 0 Å². The number of nitrogens with one attached hydrogen (secondary N) is 1. The fraction of sp³-hybridized carbons (Fsp3) is 0.333. The first-order valence-corrected chi connectivity index (χ1v) is 11.8. The predicted molar refractivity (Wildman–Crippen MR) is 134 cm³/mol. The van der Waals surface area contributed by atoms with Gasteiger partial charge in [-0.3, -0.25) is 4.99 Å². The number of fused-ring (bicyclic) bond motifs is 1. The summed E-state index contributed by atoms with van der Waals surface area (Å²) in [6.45, 7) is 6.03. The van der Waals surface area contributed by atoms with Crippen molar-refractivity contribution in [3.63, 3.8) is 0 Å². The van der Waals surface area contributed by atoms with E-state index in [1.54, 1.807) is 0 Å². The molecule has 2 aliphatic heterocycles. The van der Waals surface area contributed by atoms with Gasteiger partial charge in [0.2, 0.25) is 12.0 Å². The lowest BCUT2D eigenvalue weighted by atomic mass is 9.79. The SMILES string of the molecule is CC(C)NCC1CC(N(c2cccc(OCc3ccccc3)c2)[N+]23C=CN=CC2=CN=C3)C1. The Morgan fingerprint density at radius 3 is 2.76 bits per heavy atom. The van der Waals surface area contributed by atoms with Crippen LogP contribution in [0.15, 0.2) is 88.9 Å². The Balaban J connectivity index is 1.40. The van der Waals surface area contributed by atoms with E-state index in [0.29, 0.717) is 29.2 Å². The number of nitrogens with zero attached hydrogens (tertiary/aromatic N) is 4. The number of benzene rings is 2. The molecule has 0 spiro atoms. The lowest BCUT2D eigenvalue weighted by Gasteiger charge is -2.49. The molecule has 2 aromatic rings. The van der Waals surface area contributed by atoms with Crippen LogP contribution in [0.4, 0.5) is 5.69 Å². The van der Waals surface area contributed by atoms with Crippen molar-refractivity contribution >= 4 is 18.2 Å². The number of hydrogen-bond donors (Lipinski definition) is 1. The van der Waals surface area contributed by atoms with Gasteiger partial charge in [0.15, 0.2) is 6.20 Å². The van der Waals surface area contributed by atoms with Crippen molar-refractivity contribution in [3.05, 3.63) is 84.5 Å². The van der Waals surface area contributed by atoms with Gasteiger partial charge in [-0.25, -0.2) is 10.0 Å².